The average molecular weight is 182 g/mol. The minimum atomic E-state index is 0.719. The molecule has 1 unspecified atom stereocenters. The van der Waals surface area contributed by atoms with Gasteiger partial charge in [-0.1, -0.05) is 11.6 Å². The fourth-order valence-electron chi connectivity index (χ4n) is 1.85. The highest BCUT2D eigenvalue weighted by atomic mass is 15.2. The zero-order chi connectivity index (χ0) is 9.68. The molecule has 2 heteroatoms. The highest BCUT2D eigenvalue weighted by molar-refractivity contribution is 5.05. The lowest BCUT2D eigenvalue weighted by Crippen LogP contribution is -2.38. The van der Waals surface area contributed by atoms with E-state index in [-0.39, 0.29) is 0 Å². The van der Waals surface area contributed by atoms with E-state index in [1.807, 2.05) is 7.05 Å². The van der Waals surface area contributed by atoms with Crippen LogP contribution in [0.15, 0.2) is 11.6 Å². The van der Waals surface area contributed by atoms with Gasteiger partial charge in [0.05, 0.1) is 0 Å². The van der Waals surface area contributed by atoms with Gasteiger partial charge < -0.3 is 5.32 Å². The van der Waals surface area contributed by atoms with Crippen LogP contribution in [0.2, 0.25) is 0 Å². The third-order valence-electron chi connectivity index (χ3n) is 2.80. The Hall–Kier alpha value is -0.340. The number of nitrogens with zero attached hydrogens (tertiary/aromatic N) is 1. The van der Waals surface area contributed by atoms with Crippen molar-refractivity contribution < 1.29 is 0 Å². The minimum Gasteiger partial charge on any atom is -0.320 e. The molecule has 2 nitrogen and oxygen atoms in total. The summed E-state index contributed by atoms with van der Waals surface area (Å²) in [5.41, 5.74) is 1.53. The number of nitrogens with one attached hydrogen (secondary N) is 1. The van der Waals surface area contributed by atoms with Crippen molar-refractivity contribution in [3.05, 3.63) is 11.6 Å². The Kier molecular flexibility index (Phi) is 4.46. The van der Waals surface area contributed by atoms with Crippen LogP contribution in [0.5, 0.6) is 0 Å². The van der Waals surface area contributed by atoms with E-state index < -0.39 is 0 Å². The largest absolute Gasteiger partial charge is 0.320 e. The second-order valence-corrected chi connectivity index (χ2v) is 4.05. The summed E-state index contributed by atoms with van der Waals surface area (Å²) in [6, 6.07) is 0.719. The molecule has 1 aliphatic heterocycles. The lowest BCUT2D eigenvalue weighted by atomic mass is 10.1. The Labute approximate surface area is 82.0 Å². The first-order valence-corrected chi connectivity index (χ1v) is 5.28. The van der Waals surface area contributed by atoms with E-state index in [2.05, 4.69) is 30.1 Å². The molecule has 1 atom stereocenters. The highest BCUT2D eigenvalue weighted by Gasteiger charge is 2.15. The summed E-state index contributed by atoms with van der Waals surface area (Å²) in [5.74, 6) is 0. The van der Waals surface area contributed by atoms with Crippen LogP contribution in [0.3, 0.4) is 0 Å². The number of rotatable bonds is 4. The van der Waals surface area contributed by atoms with Crippen LogP contribution in [0, 0.1) is 0 Å². The zero-order valence-corrected chi connectivity index (χ0v) is 9.14. The van der Waals surface area contributed by atoms with Gasteiger partial charge in [-0.25, -0.2) is 0 Å². The lowest BCUT2D eigenvalue weighted by Gasteiger charge is -2.31. The van der Waals surface area contributed by atoms with E-state index in [4.69, 9.17) is 0 Å². The molecule has 0 aromatic carbocycles. The molecule has 0 bridgehead atoms. The van der Waals surface area contributed by atoms with Gasteiger partial charge in [0.2, 0.25) is 0 Å². The predicted octanol–water partition coefficient (Wildman–Crippen LogP) is 1.64. The van der Waals surface area contributed by atoms with Crippen LogP contribution >= 0.6 is 0 Å². The first-order chi connectivity index (χ1) is 6.24. The zero-order valence-electron chi connectivity index (χ0n) is 9.14. The van der Waals surface area contributed by atoms with Crippen molar-refractivity contribution in [3.63, 3.8) is 0 Å². The summed E-state index contributed by atoms with van der Waals surface area (Å²) in [5, 5.41) is 3.21. The Morgan fingerprint density at radius 3 is 3.00 bits per heavy atom. The van der Waals surface area contributed by atoms with Gasteiger partial charge in [0.25, 0.3) is 0 Å². The number of hydrogen-bond donors (Lipinski definition) is 1. The van der Waals surface area contributed by atoms with E-state index in [0.29, 0.717) is 0 Å². The fraction of sp³-hybridized carbons (Fsp3) is 0.818. The second-order valence-electron chi connectivity index (χ2n) is 4.05. The van der Waals surface area contributed by atoms with E-state index in [1.54, 1.807) is 0 Å². The van der Waals surface area contributed by atoms with Crippen LogP contribution in [0.4, 0.5) is 0 Å². The van der Waals surface area contributed by atoms with Crippen LogP contribution < -0.4 is 5.32 Å². The van der Waals surface area contributed by atoms with Crippen molar-refractivity contribution in [2.24, 2.45) is 0 Å². The summed E-state index contributed by atoms with van der Waals surface area (Å²) < 4.78 is 0. The van der Waals surface area contributed by atoms with Crippen molar-refractivity contribution in [3.8, 4) is 0 Å². The molecule has 13 heavy (non-hydrogen) atoms. The minimum absolute atomic E-state index is 0.719. The van der Waals surface area contributed by atoms with Crippen LogP contribution in [-0.4, -0.2) is 37.6 Å². The Bertz CT molecular complexity index is 175. The summed E-state index contributed by atoms with van der Waals surface area (Å²) in [6.07, 6.45) is 4.85. The molecule has 0 saturated heterocycles. The topological polar surface area (TPSA) is 15.3 Å². The van der Waals surface area contributed by atoms with Crippen LogP contribution in [0.1, 0.15) is 26.7 Å². The van der Waals surface area contributed by atoms with Gasteiger partial charge in [-0.2, -0.15) is 0 Å². The van der Waals surface area contributed by atoms with Crippen molar-refractivity contribution in [1.82, 2.24) is 10.2 Å². The van der Waals surface area contributed by atoms with Gasteiger partial charge in [-0.05, 0) is 40.3 Å². The maximum atomic E-state index is 3.21. The molecule has 0 fully saturated rings. The van der Waals surface area contributed by atoms with E-state index in [0.717, 1.165) is 12.6 Å². The smallest absolute Gasteiger partial charge is 0.0193 e. The molecular weight excluding hydrogens is 160 g/mol. The quantitative estimate of drug-likeness (QED) is 0.665. The molecule has 0 aromatic heterocycles. The van der Waals surface area contributed by atoms with E-state index in [1.165, 1.54) is 31.5 Å². The van der Waals surface area contributed by atoms with Crippen molar-refractivity contribution in [2.45, 2.75) is 32.7 Å². The third kappa shape index (κ3) is 3.49. The molecule has 1 aliphatic rings. The van der Waals surface area contributed by atoms with Gasteiger partial charge in [-0.15, -0.1) is 0 Å². The number of hydrogen-bond acceptors (Lipinski definition) is 2. The first kappa shape index (κ1) is 10.7. The van der Waals surface area contributed by atoms with Gasteiger partial charge >= 0.3 is 0 Å². The molecule has 1 heterocycles. The van der Waals surface area contributed by atoms with Crippen molar-refractivity contribution in [2.75, 3.05) is 26.7 Å². The molecule has 1 N–H and O–H groups in total. The molecule has 0 spiro atoms. The van der Waals surface area contributed by atoms with Crippen molar-refractivity contribution >= 4 is 0 Å². The summed E-state index contributed by atoms with van der Waals surface area (Å²) in [7, 11) is 2.02. The summed E-state index contributed by atoms with van der Waals surface area (Å²) in [6.45, 7) is 8.10. The standard InChI is InChI=1S/C11H22N2/c1-10-5-4-8-13(9-10)11(2)6-7-12-3/h5,11-12H,4,6-9H2,1-3H3. The maximum Gasteiger partial charge on any atom is 0.0193 e. The lowest BCUT2D eigenvalue weighted by molar-refractivity contribution is 0.212. The fourth-order valence-corrected chi connectivity index (χ4v) is 1.85. The molecule has 0 aromatic rings. The molecule has 0 saturated carbocycles. The molecule has 0 amide bonds. The molecule has 76 valence electrons. The Morgan fingerprint density at radius 1 is 1.62 bits per heavy atom. The predicted molar refractivity (Wildman–Crippen MR) is 58.0 cm³/mol. The van der Waals surface area contributed by atoms with Crippen LogP contribution in [-0.2, 0) is 0 Å². The SMILES string of the molecule is CNCCC(C)N1CCC=C(C)C1. The summed E-state index contributed by atoms with van der Waals surface area (Å²) in [4.78, 5) is 2.58. The van der Waals surface area contributed by atoms with Crippen LogP contribution in [0.25, 0.3) is 0 Å². The summed E-state index contributed by atoms with van der Waals surface area (Å²) >= 11 is 0. The molecule has 0 aliphatic carbocycles. The first-order valence-electron chi connectivity index (χ1n) is 5.28. The van der Waals surface area contributed by atoms with Crippen molar-refractivity contribution in [1.29, 1.82) is 0 Å². The van der Waals surface area contributed by atoms with E-state index >= 15 is 0 Å². The Morgan fingerprint density at radius 2 is 2.38 bits per heavy atom. The molecular formula is C11H22N2. The van der Waals surface area contributed by atoms with Gasteiger partial charge in [0.1, 0.15) is 0 Å². The second kappa shape index (κ2) is 5.40. The molecule has 0 radical (unpaired) electrons. The monoisotopic (exact) mass is 182 g/mol. The van der Waals surface area contributed by atoms with Gasteiger partial charge in [-0.3, -0.25) is 4.90 Å². The third-order valence-corrected chi connectivity index (χ3v) is 2.80. The Balaban J connectivity index is 2.30. The maximum absolute atomic E-state index is 3.21. The van der Waals surface area contributed by atoms with Gasteiger partial charge in [0.15, 0.2) is 0 Å². The van der Waals surface area contributed by atoms with Gasteiger partial charge in [0, 0.05) is 19.1 Å². The molecule has 1 rings (SSSR count). The average Bonchev–Trinajstić information content (AvgIpc) is 2.14. The normalized spacial score (nSPS) is 21.3. The van der Waals surface area contributed by atoms with E-state index in [9.17, 15) is 0 Å². The highest BCUT2D eigenvalue weighted by Crippen LogP contribution is 2.13.